The molecule has 0 fully saturated rings. The van der Waals surface area contributed by atoms with Gasteiger partial charge in [-0.3, -0.25) is 0 Å². The molecule has 4 aromatic rings. The Morgan fingerprint density at radius 2 is 1.19 bits per heavy atom. The summed E-state index contributed by atoms with van der Waals surface area (Å²) in [6.07, 6.45) is 4.13. The average molecular weight is 374 g/mol. The summed E-state index contributed by atoms with van der Waals surface area (Å²) in [4.78, 5) is 2.09. The van der Waals surface area contributed by atoms with Crippen LogP contribution in [0.25, 0.3) is 22.9 Å². The van der Waals surface area contributed by atoms with Crippen LogP contribution >= 0.6 is 11.6 Å². The van der Waals surface area contributed by atoms with Crippen molar-refractivity contribution in [2.75, 3.05) is 19.0 Å². The maximum Gasteiger partial charge on any atom is 0.136 e. The van der Waals surface area contributed by atoms with Crippen molar-refractivity contribution in [3.05, 3.63) is 99.8 Å². The fourth-order valence-corrected chi connectivity index (χ4v) is 3.21. The van der Waals surface area contributed by atoms with Crippen LogP contribution in [0.3, 0.4) is 0 Å². The largest absolute Gasteiger partial charge is 0.456 e. The summed E-state index contributed by atoms with van der Waals surface area (Å²) in [5.41, 5.74) is 5.06. The fraction of sp³-hybridized carbons (Fsp3) is 0.0833. The van der Waals surface area contributed by atoms with Crippen molar-refractivity contribution in [3.63, 3.8) is 0 Å². The van der Waals surface area contributed by atoms with Crippen molar-refractivity contribution in [2.45, 2.75) is 0 Å². The first-order chi connectivity index (χ1) is 13.1. The molecule has 27 heavy (non-hydrogen) atoms. The van der Waals surface area contributed by atoms with Gasteiger partial charge in [-0.05, 0) is 47.5 Å². The van der Waals surface area contributed by atoms with Gasteiger partial charge in [-0.1, -0.05) is 60.1 Å². The van der Waals surface area contributed by atoms with E-state index >= 15 is 0 Å². The summed E-state index contributed by atoms with van der Waals surface area (Å²) in [7, 11) is 4.08. The fourth-order valence-electron chi connectivity index (χ4n) is 3.09. The molecule has 1 heterocycles. The Morgan fingerprint density at radius 3 is 1.67 bits per heavy atom. The predicted octanol–water partition coefficient (Wildman–Crippen LogP) is 4.81. The monoisotopic (exact) mass is 373 g/mol. The quantitative estimate of drug-likeness (QED) is 0.512. The minimum absolute atomic E-state index is 0.728. The number of benzene rings is 3. The van der Waals surface area contributed by atoms with Crippen LogP contribution in [0.1, 0.15) is 11.1 Å². The highest BCUT2D eigenvalue weighted by atomic mass is 35.5. The number of rotatable bonds is 3. The van der Waals surface area contributed by atoms with Gasteiger partial charge in [0.25, 0.3) is 0 Å². The molecule has 1 aromatic heterocycles. The molecule has 0 saturated carbocycles. The van der Waals surface area contributed by atoms with Gasteiger partial charge >= 0.3 is 0 Å². The number of hydrogen-bond donors (Lipinski definition) is 0. The number of anilines is 1. The standard InChI is InChI=1S/C24H20ClNO/c1-26(2)20-13-9-18(10-14-20)16-24-22-6-4-3-5-21(22)23(27-24)15-17-7-11-19(25)12-8-17/h3-16H,1-2H3/b23-15+,24-16+. The number of furan rings is 1. The Kier molecular flexibility index (Phi) is 4.74. The molecule has 0 unspecified atom stereocenters. The van der Waals surface area contributed by atoms with Crippen molar-refractivity contribution in [1.82, 2.24) is 0 Å². The topological polar surface area (TPSA) is 16.4 Å². The molecule has 0 aliphatic rings. The highest BCUT2D eigenvalue weighted by Crippen LogP contribution is 2.14. The lowest BCUT2D eigenvalue weighted by Crippen LogP contribution is -2.08. The van der Waals surface area contributed by atoms with Gasteiger partial charge in [0, 0.05) is 35.6 Å². The summed E-state index contributed by atoms with van der Waals surface area (Å²) < 4.78 is 6.23. The number of nitrogens with zero attached hydrogens (tertiary/aromatic N) is 1. The number of hydrogen-bond acceptors (Lipinski definition) is 2. The summed E-state index contributed by atoms with van der Waals surface area (Å²) in [5, 5.41) is 2.93. The molecule has 0 bridgehead atoms. The molecule has 0 amide bonds. The van der Waals surface area contributed by atoms with E-state index in [2.05, 4.69) is 47.4 Å². The third kappa shape index (κ3) is 3.76. The molecule has 134 valence electrons. The molecular weight excluding hydrogens is 354 g/mol. The maximum atomic E-state index is 6.23. The minimum Gasteiger partial charge on any atom is -0.456 e. The number of halogens is 1. The van der Waals surface area contributed by atoms with Crippen LogP contribution in [0.2, 0.25) is 5.02 Å². The smallest absolute Gasteiger partial charge is 0.136 e. The van der Waals surface area contributed by atoms with Crippen LogP contribution in [0.5, 0.6) is 0 Å². The predicted molar refractivity (Wildman–Crippen MR) is 115 cm³/mol. The third-order valence-corrected chi connectivity index (χ3v) is 4.80. The SMILES string of the molecule is CN(C)c1ccc(/C=c2/o/c(=C/c3ccc(Cl)cc3)c3ccccc23)cc1. The van der Waals surface area contributed by atoms with Gasteiger partial charge in [-0.2, -0.15) is 0 Å². The Bertz CT molecular complexity index is 1190. The van der Waals surface area contributed by atoms with Crippen LogP contribution in [0.4, 0.5) is 5.69 Å². The second kappa shape index (κ2) is 7.34. The summed E-state index contributed by atoms with van der Waals surface area (Å²) >= 11 is 5.99. The summed E-state index contributed by atoms with van der Waals surface area (Å²) in [5.74, 6) is 0. The molecule has 0 aliphatic heterocycles. The van der Waals surface area contributed by atoms with E-state index in [4.69, 9.17) is 16.0 Å². The molecule has 0 N–H and O–H groups in total. The third-order valence-electron chi connectivity index (χ3n) is 4.55. The molecule has 3 heteroatoms. The Hall–Kier alpha value is -2.97. The molecule has 4 rings (SSSR count). The lowest BCUT2D eigenvalue weighted by atomic mass is 10.1. The molecule has 0 radical (unpaired) electrons. The van der Waals surface area contributed by atoms with Crippen LogP contribution in [-0.2, 0) is 0 Å². The van der Waals surface area contributed by atoms with Crippen molar-refractivity contribution >= 4 is 40.2 Å². The molecule has 2 nitrogen and oxygen atoms in total. The van der Waals surface area contributed by atoms with Crippen LogP contribution in [0.15, 0.2) is 77.2 Å². The first kappa shape index (κ1) is 17.4. The molecule has 0 aliphatic carbocycles. The van der Waals surface area contributed by atoms with Crippen molar-refractivity contribution in [3.8, 4) is 0 Å². The van der Waals surface area contributed by atoms with Gasteiger partial charge in [0.2, 0.25) is 0 Å². The van der Waals surface area contributed by atoms with Crippen LogP contribution in [0, 0.1) is 0 Å². The van der Waals surface area contributed by atoms with E-state index in [-0.39, 0.29) is 0 Å². The molecule has 0 spiro atoms. The highest BCUT2D eigenvalue weighted by Gasteiger charge is 2.03. The van der Waals surface area contributed by atoms with Crippen LogP contribution < -0.4 is 15.7 Å². The van der Waals surface area contributed by atoms with E-state index in [1.807, 2.05) is 56.6 Å². The normalized spacial score (nSPS) is 12.7. The summed E-state index contributed by atoms with van der Waals surface area (Å²) in [6, 6.07) is 24.4. The zero-order valence-electron chi connectivity index (χ0n) is 15.3. The van der Waals surface area contributed by atoms with Crippen molar-refractivity contribution < 1.29 is 4.42 Å². The van der Waals surface area contributed by atoms with E-state index in [1.54, 1.807) is 0 Å². The van der Waals surface area contributed by atoms with Gasteiger partial charge in [-0.15, -0.1) is 0 Å². The van der Waals surface area contributed by atoms with Crippen molar-refractivity contribution in [1.29, 1.82) is 0 Å². The first-order valence-electron chi connectivity index (χ1n) is 8.84. The molecular formula is C24H20ClNO. The number of fused-ring (bicyclic) bond motifs is 1. The Labute approximate surface area is 163 Å². The first-order valence-corrected chi connectivity index (χ1v) is 9.22. The average Bonchev–Trinajstić information content (AvgIpc) is 3.02. The van der Waals surface area contributed by atoms with E-state index in [1.165, 1.54) is 5.69 Å². The molecule has 0 saturated heterocycles. The Morgan fingerprint density at radius 1 is 0.704 bits per heavy atom. The van der Waals surface area contributed by atoms with Gasteiger partial charge in [0.15, 0.2) is 0 Å². The lowest BCUT2D eigenvalue weighted by molar-refractivity contribution is 0.508. The van der Waals surface area contributed by atoms with Gasteiger partial charge in [-0.25, -0.2) is 0 Å². The van der Waals surface area contributed by atoms with Gasteiger partial charge in [0.05, 0.1) is 0 Å². The van der Waals surface area contributed by atoms with Gasteiger partial charge in [0.1, 0.15) is 10.8 Å². The lowest BCUT2D eigenvalue weighted by Gasteiger charge is -2.11. The van der Waals surface area contributed by atoms with E-state index in [9.17, 15) is 0 Å². The van der Waals surface area contributed by atoms with Gasteiger partial charge < -0.3 is 9.32 Å². The van der Waals surface area contributed by atoms with E-state index in [0.717, 1.165) is 37.8 Å². The second-order valence-electron chi connectivity index (χ2n) is 6.70. The summed E-state index contributed by atoms with van der Waals surface area (Å²) in [6.45, 7) is 0. The highest BCUT2D eigenvalue weighted by molar-refractivity contribution is 6.30. The molecule has 0 atom stereocenters. The minimum atomic E-state index is 0.728. The zero-order chi connectivity index (χ0) is 18.8. The van der Waals surface area contributed by atoms with Crippen molar-refractivity contribution in [2.24, 2.45) is 0 Å². The van der Waals surface area contributed by atoms with Crippen LogP contribution in [-0.4, -0.2) is 14.1 Å². The Balaban J connectivity index is 1.86. The maximum absolute atomic E-state index is 6.23. The zero-order valence-corrected chi connectivity index (χ0v) is 16.1. The van der Waals surface area contributed by atoms with E-state index < -0.39 is 0 Å². The molecule has 3 aromatic carbocycles. The van der Waals surface area contributed by atoms with E-state index in [0.29, 0.717) is 0 Å². The second-order valence-corrected chi connectivity index (χ2v) is 7.14.